The molecule has 4 rings (SSSR count). The molecule has 0 bridgehead atoms. The molecule has 2 aliphatic rings. The summed E-state index contributed by atoms with van der Waals surface area (Å²) in [6.45, 7) is -0.201. The van der Waals surface area contributed by atoms with Gasteiger partial charge in [-0.2, -0.15) is 0 Å². The average Bonchev–Trinajstić information content (AvgIpc) is 2.96. The monoisotopic (exact) mass is 468 g/mol. The van der Waals surface area contributed by atoms with E-state index < -0.39 is 11.9 Å². The summed E-state index contributed by atoms with van der Waals surface area (Å²) in [6.07, 6.45) is 3.73. The van der Waals surface area contributed by atoms with Gasteiger partial charge in [-0.1, -0.05) is 25.0 Å². The van der Waals surface area contributed by atoms with Gasteiger partial charge in [0.25, 0.3) is 11.8 Å². The minimum Gasteiger partial charge on any atom is -0.375 e. The van der Waals surface area contributed by atoms with Crippen molar-refractivity contribution in [3.8, 4) is 0 Å². The Morgan fingerprint density at radius 3 is 2.62 bits per heavy atom. The first-order chi connectivity index (χ1) is 16.4. The second kappa shape index (κ2) is 10.3. The summed E-state index contributed by atoms with van der Waals surface area (Å²) in [5, 5.41) is 5.82. The van der Waals surface area contributed by atoms with Gasteiger partial charge in [0, 0.05) is 24.8 Å². The maximum atomic E-state index is 13.5. The second-order valence-corrected chi connectivity index (χ2v) is 8.78. The molecule has 1 heterocycles. The number of benzene rings is 2. The number of nitrogens with two attached hydrogens (primary N) is 1. The van der Waals surface area contributed by atoms with Gasteiger partial charge in [-0.15, -0.1) is 0 Å². The van der Waals surface area contributed by atoms with E-state index in [-0.39, 0.29) is 42.8 Å². The van der Waals surface area contributed by atoms with E-state index in [4.69, 9.17) is 10.5 Å². The molecule has 2 aromatic carbocycles. The number of amides is 3. The molecule has 1 fully saturated rings. The van der Waals surface area contributed by atoms with Crippen LogP contribution < -0.4 is 21.3 Å². The number of carbonyl (C=O) groups excluding carboxylic acids is 3. The van der Waals surface area contributed by atoms with Crippen LogP contribution in [0.1, 0.15) is 54.1 Å². The van der Waals surface area contributed by atoms with E-state index in [0.717, 1.165) is 25.7 Å². The molecule has 3 amide bonds. The number of carbonyl (C=O) groups is 3. The fourth-order valence-electron chi connectivity index (χ4n) is 4.67. The maximum Gasteiger partial charge on any atom is 0.253 e. The van der Waals surface area contributed by atoms with E-state index in [1.165, 1.54) is 24.1 Å². The number of hydrogen-bond donors (Lipinski definition) is 3. The van der Waals surface area contributed by atoms with Gasteiger partial charge in [-0.3, -0.25) is 14.4 Å². The number of halogens is 1. The number of anilines is 2. The van der Waals surface area contributed by atoms with Crippen LogP contribution in [0.15, 0.2) is 42.5 Å². The average molecular weight is 469 g/mol. The smallest absolute Gasteiger partial charge is 0.253 e. The van der Waals surface area contributed by atoms with Gasteiger partial charge in [0.2, 0.25) is 5.91 Å². The van der Waals surface area contributed by atoms with Crippen LogP contribution in [0, 0.1) is 5.82 Å². The highest BCUT2D eigenvalue weighted by atomic mass is 19.1. The number of fused-ring (bicyclic) bond motifs is 1. The molecule has 34 heavy (non-hydrogen) atoms. The molecular formula is C25H29FN4O4. The molecule has 0 spiro atoms. The van der Waals surface area contributed by atoms with Crippen molar-refractivity contribution < 1.29 is 23.5 Å². The van der Waals surface area contributed by atoms with Gasteiger partial charge in [0.15, 0.2) is 0 Å². The summed E-state index contributed by atoms with van der Waals surface area (Å²) in [4.78, 5) is 40.3. The number of nitrogens with one attached hydrogen (secondary N) is 2. The zero-order chi connectivity index (χ0) is 24.2. The highest BCUT2D eigenvalue weighted by molar-refractivity contribution is 6.07. The third-order valence-electron chi connectivity index (χ3n) is 6.41. The zero-order valence-electron chi connectivity index (χ0n) is 19.1. The number of rotatable bonds is 5. The molecule has 180 valence electrons. The van der Waals surface area contributed by atoms with Gasteiger partial charge >= 0.3 is 0 Å². The topological polar surface area (TPSA) is 114 Å². The van der Waals surface area contributed by atoms with Crippen molar-refractivity contribution >= 4 is 29.1 Å². The molecule has 1 aliphatic carbocycles. The Labute approximate surface area is 197 Å². The Kier molecular flexibility index (Phi) is 7.23. The van der Waals surface area contributed by atoms with E-state index >= 15 is 0 Å². The van der Waals surface area contributed by atoms with E-state index in [1.807, 2.05) is 0 Å². The van der Waals surface area contributed by atoms with Crippen LogP contribution in [0.3, 0.4) is 0 Å². The first-order valence-electron chi connectivity index (χ1n) is 11.4. The lowest BCUT2D eigenvalue weighted by Gasteiger charge is -2.31. The Balaban J connectivity index is 1.68. The van der Waals surface area contributed by atoms with Crippen LogP contribution in [0.4, 0.5) is 15.8 Å². The maximum absolute atomic E-state index is 13.5. The van der Waals surface area contributed by atoms with Crippen LogP contribution in [-0.4, -0.2) is 43.5 Å². The van der Waals surface area contributed by atoms with Crippen molar-refractivity contribution in [2.24, 2.45) is 5.73 Å². The molecular weight excluding hydrogens is 439 g/mol. The van der Waals surface area contributed by atoms with Gasteiger partial charge < -0.3 is 26.0 Å². The zero-order valence-corrected chi connectivity index (χ0v) is 19.1. The summed E-state index contributed by atoms with van der Waals surface area (Å²) >= 11 is 0. The van der Waals surface area contributed by atoms with Gasteiger partial charge in [0.1, 0.15) is 12.4 Å². The largest absolute Gasteiger partial charge is 0.375 e. The Morgan fingerprint density at radius 2 is 1.91 bits per heavy atom. The van der Waals surface area contributed by atoms with Crippen molar-refractivity contribution in [3.05, 3.63) is 59.4 Å². The fraction of sp³-hybridized carbons (Fsp3) is 0.400. The van der Waals surface area contributed by atoms with Crippen molar-refractivity contribution in [1.82, 2.24) is 5.32 Å². The second-order valence-electron chi connectivity index (χ2n) is 8.78. The SMILES string of the molecule is COCC(=O)N1c2ccc(C(=O)NC3CCCCC3N)cc2NC(=O)CC1c1ccc(F)cc1. The van der Waals surface area contributed by atoms with Gasteiger partial charge in [0.05, 0.1) is 23.8 Å². The summed E-state index contributed by atoms with van der Waals surface area (Å²) in [6, 6.07) is 9.68. The molecule has 0 radical (unpaired) electrons. The lowest BCUT2D eigenvalue weighted by molar-refractivity contribution is -0.122. The standard InChI is InChI=1S/C25H29FN4O4/c1-34-14-24(32)30-21-11-8-16(25(33)29-19-5-3-2-4-18(19)27)12-20(21)28-23(31)13-22(30)15-6-9-17(26)10-7-15/h6-12,18-19,22H,2-5,13-14,27H2,1H3,(H,28,31)(H,29,33). The molecule has 1 saturated carbocycles. The molecule has 3 unspecified atom stereocenters. The fourth-order valence-corrected chi connectivity index (χ4v) is 4.67. The molecule has 1 aliphatic heterocycles. The lowest BCUT2D eigenvalue weighted by Crippen LogP contribution is -2.49. The third kappa shape index (κ3) is 5.10. The van der Waals surface area contributed by atoms with E-state index in [1.54, 1.807) is 30.3 Å². The van der Waals surface area contributed by atoms with Gasteiger partial charge in [-0.05, 0) is 48.7 Å². The van der Waals surface area contributed by atoms with Crippen molar-refractivity contribution in [1.29, 1.82) is 0 Å². The van der Waals surface area contributed by atoms with Crippen molar-refractivity contribution in [3.63, 3.8) is 0 Å². The van der Waals surface area contributed by atoms with Crippen LogP contribution in [0.2, 0.25) is 0 Å². The minimum absolute atomic E-state index is 0.0335. The molecule has 3 atom stereocenters. The predicted octanol–water partition coefficient (Wildman–Crippen LogP) is 2.89. The van der Waals surface area contributed by atoms with Crippen LogP contribution >= 0.6 is 0 Å². The normalized spacial score (nSPS) is 22.4. The van der Waals surface area contributed by atoms with Crippen LogP contribution in [0.25, 0.3) is 0 Å². The Hall–Kier alpha value is -3.30. The van der Waals surface area contributed by atoms with E-state index in [9.17, 15) is 18.8 Å². The summed E-state index contributed by atoms with van der Waals surface area (Å²) in [7, 11) is 1.41. The first kappa shape index (κ1) is 23.8. The number of methoxy groups -OCH3 is 1. The van der Waals surface area contributed by atoms with E-state index in [2.05, 4.69) is 10.6 Å². The molecule has 8 nitrogen and oxygen atoms in total. The lowest BCUT2D eigenvalue weighted by atomic mass is 9.91. The predicted molar refractivity (Wildman–Crippen MR) is 126 cm³/mol. The van der Waals surface area contributed by atoms with Crippen molar-refractivity contribution in [2.45, 2.75) is 50.2 Å². The summed E-state index contributed by atoms with van der Waals surface area (Å²) < 4.78 is 18.6. The Bertz CT molecular complexity index is 1080. The number of hydrogen-bond acceptors (Lipinski definition) is 5. The van der Waals surface area contributed by atoms with E-state index in [0.29, 0.717) is 22.5 Å². The summed E-state index contributed by atoms with van der Waals surface area (Å²) in [5.41, 5.74) is 7.92. The van der Waals surface area contributed by atoms with Gasteiger partial charge in [-0.25, -0.2) is 4.39 Å². The molecule has 0 saturated heterocycles. The molecule has 9 heteroatoms. The number of ether oxygens (including phenoxy) is 1. The quantitative estimate of drug-likeness (QED) is 0.625. The highest BCUT2D eigenvalue weighted by Crippen LogP contribution is 2.39. The number of nitrogens with zero attached hydrogens (tertiary/aromatic N) is 1. The molecule has 0 aromatic heterocycles. The molecule has 2 aromatic rings. The molecule has 4 N–H and O–H groups in total. The first-order valence-corrected chi connectivity index (χ1v) is 11.4. The third-order valence-corrected chi connectivity index (χ3v) is 6.41. The van der Waals surface area contributed by atoms with Crippen LogP contribution in [0.5, 0.6) is 0 Å². The summed E-state index contributed by atoms with van der Waals surface area (Å²) in [5.74, 6) is -1.38. The van der Waals surface area contributed by atoms with Crippen molar-refractivity contribution in [2.75, 3.05) is 23.9 Å². The van der Waals surface area contributed by atoms with Crippen LogP contribution in [-0.2, 0) is 14.3 Å². The Morgan fingerprint density at radius 1 is 1.18 bits per heavy atom. The minimum atomic E-state index is -0.663. The highest BCUT2D eigenvalue weighted by Gasteiger charge is 2.34.